The van der Waals surface area contributed by atoms with Gasteiger partial charge < -0.3 is 9.80 Å². The van der Waals surface area contributed by atoms with Gasteiger partial charge in [0.1, 0.15) is 16.6 Å². The molecule has 8 heteroatoms. The normalized spacial score (nSPS) is 20.0. The van der Waals surface area contributed by atoms with Crippen LogP contribution < -0.4 is 0 Å². The van der Waals surface area contributed by atoms with Crippen molar-refractivity contribution in [3.8, 4) is 0 Å². The van der Waals surface area contributed by atoms with E-state index in [4.69, 9.17) is 0 Å². The fraction of sp³-hybridized carbons (Fsp3) is 0.524. The molecule has 3 rings (SSSR count). The molecule has 0 atom stereocenters. The van der Waals surface area contributed by atoms with Gasteiger partial charge in [-0.15, -0.1) is 4.40 Å². The molecule has 1 aromatic rings. The standard InChI is InChI=1S/C21H28FN3O3S/c1-15-19(16-6-8-17(22)9-7-16)29(27,28)23-20(15)25-11-5-10-24(12-13-25)18(26)14-21(2,3)4/h6-9H,5,10-14H2,1-4H3. The molecule has 6 nitrogen and oxygen atoms in total. The van der Waals surface area contributed by atoms with Gasteiger partial charge in [-0.2, -0.15) is 8.42 Å². The van der Waals surface area contributed by atoms with Crippen molar-refractivity contribution >= 4 is 26.7 Å². The Hall–Kier alpha value is -2.22. The lowest BCUT2D eigenvalue weighted by Gasteiger charge is -2.26. The lowest BCUT2D eigenvalue weighted by Crippen LogP contribution is -2.38. The fourth-order valence-corrected chi connectivity index (χ4v) is 5.21. The molecule has 0 spiro atoms. The summed E-state index contributed by atoms with van der Waals surface area (Å²) in [6, 6.07) is 5.40. The van der Waals surface area contributed by atoms with E-state index in [1.807, 2.05) is 30.6 Å². The predicted molar refractivity (Wildman–Crippen MR) is 112 cm³/mol. The Bertz CT molecular complexity index is 960. The lowest BCUT2D eigenvalue weighted by molar-refractivity contribution is -0.132. The van der Waals surface area contributed by atoms with Gasteiger partial charge in [0.25, 0.3) is 10.0 Å². The summed E-state index contributed by atoms with van der Waals surface area (Å²) in [5, 5.41) is 0. The molecule has 0 saturated carbocycles. The third-order valence-electron chi connectivity index (χ3n) is 5.08. The Morgan fingerprint density at radius 2 is 1.76 bits per heavy atom. The Morgan fingerprint density at radius 3 is 2.38 bits per heavy atom. The zero-order chi connectivity index (χ0) is 21.4. The van der Waals surface area contributed by atoms with Gasteiger partial charge >= 0.3 is 0 Å². The molecule has 2 aliphatic rings. The van der Waals surface area contributed by atoms with E-state index in [0.29, 0.717) is 49.6 Å². The number of amidine groups is 1. The highest BCUT2D eigenvalue weighted by molar-refractivity contribution is 8.00. The summed E-state index contributed by atoms with van der Waals surface area (Å²) >= 11 is 0. The Balaban J connectivity index is 1.80. The van der Waals surface area contributed by atoms with Gasteiger partial charge in [-0.3, -0.25) is 4.79 Å². The molecule has 1 aromatic carbocycles. The molecular weight excluding hydrogens is 393 g/mol. The summed E-state index contributed by atoms with van der Waals surface area (Å²) in [4.78, 5) is 16.5. The van der Waals surface area contributed by atoms with Gasteiger partial charge in [-0.1, -0.05) is 32.9 Å². The first kappa shape index (κ1) is 21.5. The molecule has 0 N–H and O–H groups in total. The molecule has 29 heavy (non-hydrogen) atoms. The Morgan fingerprint density at radius 1 is 1.10 bits per heavy atom. The van der Waals surface area contributed by atoms with Crippen LogP contribution in [0.2, 0.25) is 0 Å². The zero-order valence-electron chi connectivity index (χ0n) is 17.4. The number of amides is 1. The number of benzene rings is 1. The molecule has 0 bridgehead atoms. The molecule has 2 aliphatic heterocycles. The number of carbonyl (C=O) groups is 1. The van der Waals surface area contributed by atoms with Crippen LogP contribution in [0.4, 0.5) is 4.39 Å². The van der Waals surface area contributed by atoms with Gasteiger partial charge in [0.2, 0.25) is 5.91 Å². The quantitative estimate of drug-likeness (QED) is 0.735. The second-order valence-electron chi connectivity index (χ2n) is 8.81. The summed E-state index contributed by atoms with van der Waals surface area (Å²) < 4.78 is 42.7. The van der Waals surface area contributed by atoms with Crippen LogP contribution in [-0.4, -0.2) is 56.1 Å². The lowest BCUT2D eigenvalue weighted by atomic mass is 9.91. The average molecular weight is 422 g/mol. The van der Waals surface area contributed by atoms with E-state index < -0.39 is 15.8 Å². The number of hydrogen-bond donors (Lipinski definition) is 0. The minimum atomic E-state index is -3.84. The maximum atomic E-state index is 13.2. The summed E-state index contributed by atoms with van der Waals surface area (Å²) in [5.41, 5.74) is 0.918. The molecule has 0 unspecified atom stereocenters. The molecular formula is C21H28FN3O3S. The number of hydrogen-bond acceptors (Lipinski definition) is 4. The number of halogens is 1. The summed E-state index contributed by atoms with van der Waals surface area (Å²) in [6.45, 7) is 10.2. The van der Waals surface area contributed by atoms with Gasteiger partial charge in [0, 0.05) is 38.2 Å². The maximum absolute atomic E-state index is 13.2. The first-order valence-corrected chi connectivity index (χ1v) is 11.3. The van der Waals surface area contributed by atoms with E-state index in [9.17, 15) is 17.6 Å². The first-order chi connectivity index (χ1) is 13.5. The van der Waals surface area contributed by atoms with E-state index in [2.05, 4.69) is 4.40 Å². The van der Waals surface area contributed by atoms with Crippen LogP contribution in [0.25, 0.3) is 4.91 Å². The smallest absolute Gasteiger partial charge is 0.285 e. The zero-order valence-corrected chi connectivity index (χ0v) is 18.2. The first-order valence-electron chi connectivity index (χ1n) is 9.83. The SMILES string of the molecule is CC1=C(c2ccc(F)cc2)S(=O)(=O)N=C1N1CCCN(C(=O)CC(C)(C)C)CC1. The summed E-state index contributed by atoms with van der Waals surface area (Å²) in [7, 11) is -3.84. The van der Waals surface area contributed by atoms with Crippen molar-refractivity contribution in [2.75, 3.05) is 26.2 Å². The molecule has 1 fully saturated rings. The molecule has 158 valence electrons. The predicted octanol–water partition coefficient (Wildman–Crippen LogP) is 3.27. The van der Waals surface area contributed by atoms with Gasteiger partial charge in [-0.05, 0) is 36.5 Å². The van der Waals surface area contributed by atoms with E-state index in [-0.39, 0.29) is 16.2 Å². The van der Waals surface area contributed by atoms with Crippen LogP contribution in [0.5, 0.6) is 0 Å². The maximum Gasteiger partial charge on any atom is 0.285 e. The Kier molecular flexibility index (Phi) is 5.85. The van der Waals surface area contributed by atoms with E-state index in [0.717, 1.165) is 6.42 Å². The van der Waals surface area contributed by atoms with Crippen molar-refractivity contribution in [1.29, 1.82) is 0 Å². The molecule has 0 aromatic heterocycles. The van der Waals surface area contributed by atoms with Crippen molar-refractivity contribution in [3.05, 3.63) is 41.2 Å². The number of rotatable bonds is 2. The minimum absolute atomic E-state index is 0.0733. The van der Waals surface area contributed by atoms with Crippen LogP contribution >= 0.6 is 0 Å². The van der Waals surface area contributed by atoms with Gasteiger partial charge in [-0.25, -0.2) is 4.39 Å². The van der Waals surface area contributed by atoms with Crippen LogP contribution in [-0.2, 0) is 14.8 Å². The van der Waals surface area contributed by atoms with Crippen molar-refractivity contribution in [1.82, 2.24) is 9.80 Å². The largest absolute Gasteiger partial charge is 0.354 e. The number of nitrogens with zero attached hydrogens (tertiary/aromatic N) is 3. The second-order valence-corrected chi connectivity index (χ2v) is 10.4. The van der Waals surface area contributed by atoms with Gasteiger partial charge in [0.15, 0.2) is 0 Å². The van der Waals surface area contributed by atoms with Gasteiger partial charge in [0.05, 0.1) is 0 Å². The van der Waals surface area contributed by atoms with Crippen LogP contribution in [0.1, 0.15) is 46.1 Å². The third kappa shape index (κ3) is 4.86. The van der Waals surface area contributed by atoms with Crippen LogP contribution in [0.15, 0.2) is 34.2 Å². The number of carbonyl (C=O) groups excluding carboxylic acids is 1. The molecule has 1 saturated heterocycles. The van der Waals surface area contributed by atoms with Crippen molar-refractivity contribution in [2.24, 2.45) is 9.81 Å². The highest BCUT2D eigenvalue weighted by atomic mass is 32.2. The summed E-state index contributed by atoms with van der Waals surface area (Å²) in [6.07, 6.45) is 1.23. The van der Waals surface area contributed by atoms with Crippen LogP contribution in [0, 0.1) is 11.2 Å². The number of sulfonamides is 1. The molecule has 0 aliphatic carbocycles. The van der Waals surface area contributed by atoms with Crippen molar-refractivity contribution in [2.45, 2.75) is 40.5 Å². The topological polar surface area (TPSA) is 70.1 Å². The van der Waals surface area contributed by atoms with E-state index in [1.54, 1.807) is 6.92 Å². The highest BCUT2D eigenvalue weighted by Gasteiger charge is 2.34. The third-order valence-corrected chi connectivity index (χ3v) is 6.55. The van der Waals surface area contributed by atoms with Crippen molar-refractivity contribution in [3.63, 3.8) is 0 Å². The molecule has 2 heterocycles. The van der Waals surface area contributed by atoms with E-state index in [1.165, 1.54) is 24.3 Å². The van der Waals surface area contributed by atoms with Crippen molar-refractivity contribution < 1.29 is 17.6 Å². The second kappa shape index (κ2) is 7.89. The minimum Gasteiger partial charge on any atom is -0.354 e. The fourth-order valence-electron chi connectivity index (χ4n) is 3.73. The molecule has 0 radical (unpaired) electrons. The molecule has 1 amide bonds. The van der Waals surface area contributed by atoms with Crippen LogP contribution in [0.3, 0.4) is 0 Å². The Labute approximate surface area is 172 Å². The summed E-state index contributed by atoms with van der Waals surface area (Å²) in [5.74, 6) is 0.130. The van der Waals surface area contributed by atoms with E-state index >= 15 is 0 Å². The highest BCUT2D eigenvalue weighted by Crippen LogP contribution is 2.34. The average Bonchev–Trinajstić information content (AvgIpc) is 2.78. The monoisotopic (exact) mass is 421 g/mol.